The third-order valence-corrected chi connectivity index (χ3v) is 15.4. The second-order valence-corrected chi connectivity index (χ2v) is 19.2. The summed E-state index contributed by atoms with van der Waals surface area (Å²) in [5, 5.41) is 1.47. The fourth-order valence-corrected chi connectivity index (χ4v) is 12.1. The van der Waals surface area contributed by atoms with E-state index in [0.717, 1.165) is 66.9 Å². The monoisotopic (exact) mass is 859 g/mol. The number of nitrogens with one attached hydrogen (secondary N) is 2. The first-order chi connectivity index (χ1) is 31.8. The van der Waals surface area contributed by atoms with Crippen molar-refractivity contribution in [1.29, 1.82) is 0 Å². The number of carbonyl (C=O) groups excluding carboxylic acids is 1. The third-order valence-electron chi connectivity index (χ3n) is 12.3. The van der Waals surface area contributed by atoms with Gasteiger partial charge in [-0.15, -0.1) is 0 Å². The number of aryl methyl sites for hydroxylation is 2. The maximum Gasteiger partial charge on any atom is 0.345 e. The van der Waals surface area contributed by atoms with Crippen molar-refractivity contribution in [2.75, 3.05) is 0 Å². The first kappa shape index (κ1) is 39.8. The number of esters is 1. The number of hydrogen-bond acceptors (Lipinski definition) is 4. The predicted octanol–water partition coefficient (Wildman–Crippen LogP) is 13.2. The summed E-state index contributed by atoms with van der Waals surface area (Å²) in [5.74, 6) is -0.372. The highest BCUT2D eigenvalue weighted by molar-refractivity contribution is 7.85. The molecule has 8 bridgehead atoms. The molecule has 5 heterocycles. The Hall–Kier alpha value is -8.05. The number of hydrogen-bond donors (Lipinski definition) is 2. The van der Waals surface area contributed by atoms with E-state index < -0.39 is 13.1 Å². The topological polar surface area (TPSA) is 87.8 Å². The van der Waals surface area contributed by atoms with Crippen LogP contribution in [0.15, 0.2) is 194 Å². The van der Waals surface area contributed by atoms with Gasteiger partial charge < -0.3 is 19.3 Å². The molecule has 0 saturated heterocycles. The fourth-order valence-electron chi connectivity index (χ4n) is 9.17. The van der Waals surface area contributed by atoms with Gasteiger partial charge in [-0.05, 0) is 72.5 Å². The normalized spacial score (nSPS) is 12.3. The Morgan fingerprint density at radius 2 is 0.785 bits per heavy atom. The lowest BCUT2D eigenvalue weighted by molar-refractivity contribution is 0.0755. The number of aromatic nitrogens is 3. The van der Waals surface area contributed by atoms with Gasteiger partial charge in [0.05, 0.1) is 27.8 Å². The molecule has 3 aromatic heterocycles. The molecule has 0 atom stereocenters. The molecule has 0 fully saturated rings. The Morgan fingerprint density at radius 3 is 1.23 bits per heavy atom. The summed E-state index contributed by atoms with van der Waals surface area (Å²) < 4.78 is 23.9. The number of carbonyl (C=O) groups is 1. The van der Waals surface area contributed by atoms with Gasteiger partial charge in [-0.1, -0.05) is 181 Å². The minimum atomic E-state index is -3.96. The molecule has 0 unspecified atom stereocenters. The summed E-state index contributed by atoms with van der Waals surface area (Å²) in [6.45, 7) is 4.16. The summed E-state index contributed by atoms with van der Waals surface area (Å²) >= 11 is 0. The van der Waals surface area contributed by atoms with E-state index in [0.29, 0.717) is 38.1 Å². The van der Waals surface area contributed by atoms with Crippen molar-refractivity contribution < 1.29 is 14.1 Å². The van der Waals surface area contributed by atoms with Crippen molar-refractivity contribution in [3.05, 3.63) is 222 Å². The molecular weight excluding hydrogens is 818 g/mol. The first-order valence-electron chi connectivity index (χ1n) is 21.7. The maximum absolute atomic E-state index is 17.1. The molecule has 312 valence electrons. The lowest BCUT2D eigenvalue weighted by Crippen LogP contribution is -2.26. The van der Waals surface area contributed by atoms with E-state index in [-0.39, 0.29) is 11.3 Å². The smallest absolute Gasteiger partial charge is 0.345 e. The number of rotatable bonds is 7. The van der Waals surface area contributed by atoms with Crippen LogP contribution in [0.5, 0.6) is 5.75 Å². The van der Waals surface area contributed by atoms with Crippen molar-refractivity contribution in [1.82, 2.24) is 15.0 Å². The lowest BCUT2D eigenvalue weighted by Gasteiger charge is -2.21. The zero-order valence-corrected chi connectivity index (χ0v) is 36.6. The van der Waals surface area contributed by atoms with Crippen LogP contribution in [0.2, 0.25) is 0 Å². The average molecular weight is 860 g/mol. The molecule has 0 amide bonds. The molecule has 0 spiro atoms. The molecule has 6 aromatic carbocycles. The number of ether oxygens (including phenoxy) is 1. The number of nitrogens with zero attached hydrogens (tertiary/aromatic N) is 1. The van der Waals surface area contributed by atoms with Crippen molar-refractivity contribution in [2.45, 2.75) is 13.8 Å². The van der Waals surface area contributed by atoms with Crippen LogP contribution in [0.3, 0.4) is 0 Å². The number of fused-ring (bicyclic) bond motifs is 8. The van der Waals surface area contributed by atoms with Crippen LogP contribution in [0.4, 0.5) is 0 Å². The molecule has 11 rings (SSSR count). The standard InChI is InChI=1S/C58H42N3O3P/c1-37-23-27-41(28-24-37)51-45-31-32-46(59-45)52(42-29-25-38(2)26-30-42)48-34-36-50(61-48)54(40-17-9-4-10-18-40)56-57(65(63,43-19-11-5-12-20-43)44-21-13-6-14-22-44)55(58(62)64-56)53(39-15-7-3-8-16-39)49-35-33-47(51)60-49/h3-36,60-61H,1-2H3. The second-order valence-electron chi connectivity index (χ2n) is 16.5. The number of benzene rings is 6. The molecule has 65 heavy (non-hydrogen) atoms. The number of H-pyrrole nitrogens is 2. The van der Waals surface area contributed by atoms with Crippen molar-refractivity contribution in [3.8, 4) is 50.3 Å². The molecule has 0 saturated carbocycles. The van der Waals surface area contributed by atoms with Gasteiger partial charge in [-0.3, -0.25) is 0 Å². The van der Waals surface area contributed by atoms with Gasteiger partial charge in [-0.2, -0.15) is 0 Å². The van der Waals surface area contributed by atoms with Gasteiger partial charge in [0.2, 0.25) is 0 Å². The fraction of sp³-hybridized carbons (Fsp3) is 0.0345. The van der Waals surface area contributed by atoms with E-state index in [9.17, 15) is 0 Å². The molecular formula is C58H42N3O3P. The molecule has 0 radical (unpaired) electrons. The Bertz CT molecular complexity index is 3500. The van der Waals surface area contributed by atoms with E-state index >= 15 is 9.36 Å². The van der Waals surface area contributed by atoms with E-state index in [1.165, 1.54) is 0 Å². The quantitative estimate of drug-likeness (QED) is 0.123. The summed E-state index contributed by atoms with van der Waals surface area (Å²) in [7, 11) is -3.96. The summed E-state index contributed by atoms with van der Waals surface area (Å²) in [6, 6.07) is 63.7. The Balaban J connectivity index is 1.43. The van der Waals surface area contributed by atoms with Gasteiger partial charge in [0, 0.05) is 49.4 Å². The van der Waals surface area contributed by atoms with Crippen molar-refractivity contribution in [3.63, 3.8) is 0 Å². The zero-order valence-electron chi connectivity index (χ0n) is 35.7. The highest BCUT2D eigenvalue weighted by Gasteiger charge is 2.44. The molecule has 2 aliphatic rings. The first-order valence-corrected chi connectivity index (χ1v) is 23.4. The minimum absolute atomic E-state index is 0.223. The van der Waals surface area contributed by atoms with Gasteiger partial charge in [0.25, 0.3) is 0 Å². The molecule has 7 heteroatoms. The Labute approximate surface area is 377 Å². The maximum atomic E-state index is 17.1. The molecule has 9 aromatic rings. The van der Waals surface area contributed by atoms with E-state index in [1.807, 2.05) is 140 Å². The van der Waals surface area contributed by atoms with Gasteiger partial charge >= 0.3 is 5.97 Å². The minimum Gasteiger partial charge on any atom is -0.421 e. The molecule has 2 aliphatic heterocycles. The summed E-state index contributed by atoms with van der Waals surface area (Å²) in [5.41, 5.74) is 13.5. The summed E-state index contributed by atoms with van der Waals surface area (Å²) in [6.07, 6.45) is 4.16. The van der Waals surface area contributed by atoms with Crippen LogP contribution >= 0.6 is 7.14 Å². The largest absolute Gasteiger partial charge is 0.421 e. The van der Waals surface area contributed by atoms with E-state index in [2.05, 4.69) is 90.6 Å². The Kier molecular flexibility index (Phi) is 9.95. The van der Waals surface area contributed by atoms with Crippen LogP contribution in [0.25, 0.3) is 78.7 Å². The zero-order chi connectivity index (χ0) is 44.1. The third kappa shape index (κ3) is 6.96. The predicted molar refractivity (Wildman–Crippen MR) is 268 cm³/mol. The van der Waals surface area contributed by atoms with Gasteiger partial charge in [-0.25, -0.2) is 9.78 Å². The van der Waals surface area contributed by atoms with Gasteiger partial charge in [0.15, 0.2) is 12.9 Å². The molecule has 0 aliphatic carbocycles. The van der Waals surface area contributed by atoms with E-state index in [4.69, 9.17) is 9.72 Å². The van der Waals surface area contributed by atoms with E-state index in [1.54, 1.807) is 0 Å². The SMILES string of the molecule is Cc1ccc(-c2c3nc(c(-c4ccc(C)cc4)c4ccc([nH]4)c(-c4ccccc4)c4c(P(=O)(c5ccccc5)c5ccccc5)c(c(-c5ccccc5)c5ccc2[nH]5)OC4=O)C=C3)cc1. The second kappa shape index (κ2) is 16.3. The van der Waals surface area contributed by atoms with Crippen LogP contribution in [0.1, 0.15) is 32.9 Å². The van der Waals surface area contributed by atoms with Crippen molar-refractivity contribution >= 4 is 63.2 Å². The number of aromatic amines is 2. The molecule has 6 nitrogen and oxygen atoms in total. The van der Waals surface area contributed by atoms with Crippen molar-refractivity contribution in [2.24, 2.45) is 0 Å². The summed E-state index contributed by atoms with van der Waals surface area (Å²) in [4.78, 5) is 28.4. The van der Waals surface area contributed by atoms with Crippen LogP contribution < -0.4 is 20.7 Å². The average Bonchev–Trinajstić information content (AvgIpc) is 4.19. The van der Waals surface area contributed by atoms with Crippen LogP contribution in [-0.4, -0.2) is 20.9 Å². The van der Waals surface area contributed by atoms with Gasteiger partial charge in [0.1, 0.15) is 0 Å². The highest BCUT2D eigenvalue weighted by atomic mass is 31.2. The lowest BCUT2D eigenvalue weighted by atomic mass is 10.00. The Morgan fingerprint density at radius 1 is 0.415 bits per heavy atom. The van der Waals surface area contributed by atoms with Crippen LogP contribution in [-0.2, 0) is 4.57 Å². The molecule has 2 N–H and O–H groups in total. The highest BCUT2D eigenvalue weighted by Crippen LogP contribution is 2.52. The van der Waals surface area contributed by atoms with Crippen LogP contribution in [0, 0.1) is 13.8 Å².